The van der Waals surface area contributed by atoms with E-state index in [0.717, 1.165) is 6.04 Å². The normalized spacial score (nSPS) is 16.8. The van der Waals surface area contributed by atoms with Crippen molar-refractivity contribution in [1.29, 1.82) is 0 Å². The van der Waals surface area contributed by atoms with E-state index in [1.54, 1.807) is 28.8 Å². The molecule has 14 heteroatoms. The van der Waals surface area contributed by atoms with Crippen molar-refractivity contribution in [3.05, 3.63) is 59.0 Å². The lowest BCUT2D eigenvalue weighted by molar-refractivity contribution is -0.177. The van der Waals surface area contributed by atoms with Crippen LogP contribution in [0, 0.1) is 5.82 Å². The highest BCUT2D eigenvalue weighted by Gasteiger charge is 2.41. The van der Waals surface area contributed by atoms with Crippen molar-refractivity contribution < 1.29 is 32.1 Å². The van der Waals surface area contributed by atoms with Gasteiger partial charge in [-0.05, 0) is 44.9 Å². The van der Waals surface area contributed by atoms with Gasteiger partial charge in [0.2, 0.25) is 5.79 Å². The number of hydrogen-bond acceptors (Lipinski definition) is 8. The first-order valence-corrected chi connectivity index (χ1v) is 20.1. The summed E-state index contributed by atoms with van der Waals surface area (Å²) < 4.78 is 57.4. The number of aromatic nitrogens is 3. The Kier molecular flexibility index (Phi) is 12.0. The summed E-state index contributed by atoms with van der Waals surface area (Å²) in [7, 11) is -2.95. The Hall–Kier alpha value is -1.97. The zero-order valence-electron chi connectivity index (χ0n) is 26.1. The van der Waals surface area contributed by atoms with Gasteiger partial charge in [-0.1, -0.05) is 48.5 Å². The summed E-state index contributed by atoms with van der Waals surface area (Å²) in [6.45, 7) is 12.7. The fourth-order valence-electron chi connectivity index (χ4n) is 5.04. The zero-order chi connectivity index (χ0) is 32.0. The van der Waals surface area contributed by atoms with E-state index in [9.17, 15) is 4.21 Å². The lowest BCUT2D eigenvalue weighted by Gasteiger charge is -2.27. The van der Waals surface area contributed by atoms with Gasteiger partial charge in [-0.25, -0.2) is 13.6 Å². The van der Waals surface area contributed by atoms with E-state index < -0.39 is 35.4 Å². The van der Waals surface area contributed by atoms with Gasteiger partial charge in [0, 0.05) is 39.7 Å². The van der Waals surface area contributed by atoms with Crippen molar-refractivity contribution in [2.24, 2.45) is 5.14 Å². The van der Waals surface area contributed by atoms with Crippen molar-refractivity contribution in [3.8, 4) is 11.4 Å². The van der Waals surface area contributed by atoms with Crippen LogP contribution in [0.15, 0.2) is 41.1 Å². The van der Waals surface area contributed by atoms with Crippen LogP contribution in [0.5, 0.6) is 0 Å². The van der Waals surface area contributed by atoms with E-state index in [4.69, 9.17) is 45.2 Å². The van der Waals surface area contributed by atoms with E-state index in [-0.39, 0.29) is 19.3 Å². The first kappa shape index (κ1) is 34.9. The summed E-state index contributed by atoms with van der Waals surface area (Å²) in [6, 6.07) is 9.14. The number of benzene rings is 1. The average molecular weight is 671 g/mol. The average Bonchev–Trinajstić information content (AvgIpc) is 3.72. The minimum atomic E-state index is -1.63. The van der Waals surface area contributed by atoms with Gasteiger partial charge in [0.25, 0.3) is 0 Å². The van der Waals surface area contributed by atoms with Crippen LogP contribution < -0.4 is 5.14 Å². The number of nitrogens with zero attached hydrogens (tertiary/aromatic N) is 3. The van der Waals surface area contributed by atoms with Gasteiger partial charge in [-0.3, -0.25) is 9.71 Å². The molecule has 0 radical (unpaired) electrons. The molecule has 44 heavy (non-hydrogen) atoms. The Morgan fingerprint density at radius 2 is 1.91 bits per heavy atom. The maximum atomic E-state index is 15.0. The van der Waals surface area contributed by atoms with Crippen LogP contribution in [-0.4, -0.2) is 64.8 Å². The second-order valence-corrected chi connectivity index (χ2v) is 20.5. The monoisotopic (exact) mass is 670 g/mol. The molecule has 0 amide bonds. The molecule has 1 fully saturated rings. The third kappa shape index (κ3) is 8.84. The fraction of sp³-hybridized carbons (Fsp3) is 0.600. The summed E-state index contributed by atoms with van der Waals surface area (Å²) in [5.41, 5.74) is 1.41. The van der Waals surface area contributed by atoms with Crippen molar-refractivity contribution in [2.75, 3.05) is 33.0 Å². The van der Waals surface area contributed by atoms with Crippen molar-refractivity contribution in [2.45, 2.75) is 82.0 Å². The Morgan fingerprint density at radius 1 is 1.18 bits per heavy atom. The Labute approximate surface area is 267 Å². The van der Waals surface area contributed by atoms with Gasteiger partial charge in [0.1, 0.15) is 35.5 Å². The van der Waals surface area contributed by atoms with Crippen LogP contribution >= 0.6 is 11.6 Å². The maximum Gasteiger partial charge on any atom is 0.215 e. The number of hydrogen-bond donors (Lipinski definition) is 1. The SMILES string of the molecule is CC(C)(C[C@@H](COCCCC1(c2ccon2)OCCO1)c1nc(-c2ccccc2F)n(COCC[Si](C)(C)C)c1Cl)S(N)=O. The van der Waals surface area contributed by atoms with Crippen molar-refractivity contribution in [3.63, 3.8) is 0 Å². The van der Waals surface area contributed by atoms with Gasteiger partial charge < -0.3 is 23.5 Å². The van der Waals surface area contributed by atoms with Crippen LogP contribution in [0.25, 0.3) is 11.4 Å². The molecule has 1 aliphatic rings. The molecular weight excluding hydrogens is 627 g/mol. The van der Waals surface area contributed by atoms with E-state index in [0.29, 0.717) is 73.6 Å². The van der Waals surface area contributed by atoms with Crippen LogP contribution in [0.3, 0.4) is 0 Å². The largest absolute Gasteiger partial charge is 0.381 e. The predicted octanol–water partition coefficient (Wildman–Crippen LogP) is 6.21. The molecular formula is C30H44ClFN4O6SSi. The Bertz CT molecular complexity index is 1380. The molecule has 0 spiro atoms. The second-order valence-electron chi connectivity index (χ2n) is 12.8. The predicted molar refractivity (Wildman–Crippen MR) is 171 cm³/mol. The highest BCUT2D eigenvalue weighted by Crippen LogP contribution is 2.38. The lowest BCUT2D eigenvalue weighted by atomic mass is 9.94. The van der Waals surface area contributed by atoms with Crippen molar-refractivity contribution >= 4 is 30.7 Å². The molecule has 1 unspecified atom stereocenters. The standard InChI is InChI=1S/C30H44ClFN4O6SSi/c1-29(2,43(33)37)19-22(20-38-13-8-12-30(40-15-16-41-30)25-11-14-42-35-25)26-27(31)36(21-39-17-18-44(3,4)5)28(34-26)23-9-6-7-10-24(23)32/h6-7,9-11,14,22H,8,12-13,15-21,33H2,1-5H3/t22-,43?/m0/s1. The minimum absolute atomic E-state index is 0.115. The number of imidazole rings is 1. The third-order valence-electron chi connectivity index (χ3n) is 7.63. The number of rotatable bonds is 17. The van der Waals surface area contributed by atoms with Gasteiger partial charge in [-0.2, -0.15) is 0 Å². The van der Waals surface area contributed by atoms with E-state index in [1.807, 2.05) is 13.8 Å². The lowest BCUT2D eigenvalue weighted by Crippen LogP contribution is -2.35. The van der Waals surface area contributed by atoms with Gasteiger partial charge >= 0.3 is 0 Å². The molecule has 0 saturated carbocycles. The Balaban J connectivity index is 1.55. The molecule has 2 atom stereocenters. The van der Waals surface area contributed by atoms with Gasteiger partial charge in [0.05, 0.1) is 46.8 Å². The van der Waals surface area contributed by atoms with Crippen LogP contribution in [0.4, 0.5) is 4.39 Å². The van der Waals surface area contributed by atoms with Gasteiger partial charge in [0.15, 0.2) is 0 Å². The summed E-state index contributed by atoms with van der Waals surface area (Å²) in [5, 5.41) is 10.2. The molecule has 1 aliphatic heterocycles. The number of ether oxygens (including phenoxy) is 4. The van der Waals surface area contributed by atoms with Crippen LogP contribution in [0.2, 0.25) is 30.8 Å². The third-order valence-corrected chi connectivity index (χ3v) is 11.0. The van der Waals surface area contributed by atoms with E-state index in [1.165, 1.54) is 12.3 Å². The Morgan fingerprint density at radius 3 is 2.55 bits per heavy atom. The molecule has 244 valence electrons. The minimum Gasteiger partial charge on any atom is -0.381 e. The molecule has 10 nitrogen and oxygen atoms in total. The first-order valence-electron chi connectivity index (χ1n) is 14.8. The summed E-state index contributed by atoms with van der Waals surface area (Å²) >= 11 is 7.00. The van der Waals surface area contributed by atoms with Crippen LogP contribution in [0.1, 0.15) is 50.4 Å². The summed E-state index contributed by atoms with van der Waals surface area (Å²) in [4.78, 5) is 4.86. The molecule has 4 rings (SSSR count). The molecule has 3 aromatic rings. The molecule has 1 aromatic carbocycles. The van der Waals surface area contributed by atoms with E-state index >= 15 is 4.39 Å². The summed E-state index contributed by atoms with van der Waals surface area (Å²) in [5.74, 6) is -1.40. The highest BCUT2D eigenvalue weighted by atomic mass is 35.5. The molecule has 0 aliphatic carbocycles. The number of halogens is 2. The quantitative estimate of drug-likeness (QED) is 0.133. The first-order chi connectivity index (χ1) is 20.8. The number of nitrogens with two attached hydrogens (primary N) is 1. The smallest absolute Gasteiger partial charge is 0.215 e. The van der Waals surface area contributed by atoms with Crippen molar-refractivity contribution in [1.82, 2.24) is 14.7 Å². The molecule has 0 bridgehead atoms. The molecule has 1 saturated heterocycles. The maximum absolute atomic E-state index is 15.0. The topological polar surface area (TPSA) is 124 Å². The molecule has 2 aromatic heterocycles. The van der Waals surface area contributed by atoms with Gasteiger partial charge in [-0.15, -0.1) is 0 Å². The molecule has 2 N–H and O–H groups in total. The van der Waals surface area contributed by atoms with Crippen LogP contribution in [-0.2, 0) is 42.5 Å². The van der Waals surface area contributed by atoms with E-state index in [2.05, 4.69) is 24.8 Å². The second kappa shape index (κ2) is 15.1. The highest BCUT2D eigenvalue weighted by molar-refractivity contribution is 7.84. The molecule has 3 heterocycles. The fourth-order valence-corrected chi connectivity index (χ4v) is 6.49. The summed E-state index contributed by atoms with van der Waals surface area (Å²) in [6.07, 6.45) is 2.99. The zero-order valence-corrected chi connectivity index (χ0v) is 28.7.